The molecule has 0 aromatic rings. The van der Waals surface area contributed by atoms with Crippen molar-refractivity contribution in [2.45, 2.75) is 56.8 Å². The fraction of sp³-hybridized carbons (Fsp3) is 1.00. The molecular weight excluding hydrogens is 254 g/mol. The Bertz CT molecular complexity index is 311. The normalized spacial score (nSPS) is 39.0. The summed E-state index contributed by atoms with van der Waals surface area (Å²) in [5, 5.41) is 3.59. The van der Waals surface area contributed by atoms with Crippen LogP contribution in [0.3, 0.4) is 0 Å². The fourth-order valence-corrected chi connectivity index (χ4v) is 4.42. The minimum atomic E-state index is 0.0986. The lowest BCUT2D eigenvalue weighted by Crippen LogP contribution is -2.51. The summed E-state index contributed by atoms with van der Waals surface area (Å²) < 4.78 is 17.5. The van der Waals surface area contributed by atoms with Crippen molar-refractivity contribution in [3.05, 3.63) is 0 Å². The Kier molecular flexibility index (Phi) is 4.65. The van der Waals surface area contributed by atoms with Crippen molar-refractivity contribution in [2.75, 3.05) is 33.5 Å². The lowest BCUT2D eigenvalue weighted by molar-refractivity contribution is -0.151. The number of ether oxygens (including phenoxy) is 3. The monoisotopic (exact) mass is 283 g/mol. The zero-order chi connectivity index (χ0) is 14.0. The van der Waals surface area contributed by atoms with Crippen LogP contribution in [0.25, 0.3) is 0 Å². The van der Waals surface area contributed by atoms with Crippen LogP contribution < -0.4 is 5.32 Å². The quantitative estimate of drug-likeness (QED) is 0.860. The molecule has 1 spiro atoms. The van der Waals surface area contributed by atoms with E-state index in [-0.39, 0.29) is 5.60 Å². The molecule has 3 aliphatic heterocycles. The molecular formula is C16H29NO3. The largest absolute Gasteiger partial charge is 0.381 e. The van der Waals surface area contributed by atoms with Crippen LogP contribution in [0.1, 0.15) is 39.0 Å². The Labute approximate surface area is 122 Å². The summed E-state index contributed by atoms with van der Waals surface area (Å²) in [6.45, 7) is 5.74. The second-order valence-electron chi connectivity index (χ2n) is 6.85. The summed E-state index contributed by atoms with van der Waals surface area (Å²) in [7, 11) is 2.11. The van der Waals surface area contributed by atoms with Gasteiger partial charge < -0.3 is 19.5 Å². The van der Waals surface area contributed by atoms with Crippen LogP contribution >= 0.6 is 0 Å². The van der Waals surface area contributed by atoms with E-state index in [1.165, 1.54) is 19.3 Å². The summed E-state index contributed by atoms with van der Waals surface area (Å²) in [6, 6.07) is 0.573. The van der Waals surface area contributed by atoms with Crippen LogP contribution in [0.4, 0.5) is 0 Å². The highest BCUT2D eigenvalue weighted by Gasteiger charge is 2.43. The van der Waals surface area contributed by atoms with E-state index < -0.39 is 0 Å². The Morgan fingerprint density at radius 3 is 2.60 bits per heavy atom. The molecule has 0 saturated carbocycles. The third kappa shape index (κ3) is 3.03. The van der Waals surface area contributed by atoms with Gasteiger partial charge in [0, 0.05) is 31.8 Å². The minimum Gasteiger partial charge on any atom is -0.381 e. The molecule has 0 aliphatic carbocycles. The summed E-state index contributed by atoms with van der Waals surface area (Å²) in [5.74, 6) is 1.38. The summed E-state index contributed by atoms with van der Waals surface area (Å²) in [5.41, 5.74) is 0.0986. The maximum atomic E-state index is 6.18. The van der Waals surface area contributed by atoms with Crippen molar-refractivity contribution in [2.24, 2.45) is 11.8 Å². The first-order valence-electron chi connectivity index (χ1n) is 8.23. The molecule has 4 nitrogen and oxygen atoms in total. The smallest absolute Gasteiger partial charge is 0.0729 e. The van der Waals surface area contributed by atoms with Gasteiger partial charge in [-0.2, -0.15) is 0 Å². The molecule has 116 valence electrons. The van der Waals surface area contributed by atoms with Crippen molar-refractivity contribution in [3.8, 4) is 0 Å². The maximum absolute atomic E-state index is 6.18. The summed E-state index contributed by atoms with van der Waals surface area (Å²) in [6.07, 6.45) is 6.12. The first-order valence-corrected chi connectivity index (χ1v) is 8.23. The SMILES string of the molecule is CNC(C1COC(C)C1)C1CCOC2(CCOCC2)C1. The van der Waals surface area contributed by atoms with E-state index in [1.54, 1.807) is 0 Å². The third-order valence-electron chi connectivity index (χ3n) is 5.51. The van der Waals surface area contributed by atoms with Crippen molar-refractivity contribution in [1.29, 1.82) is 0 Å². The average molecular weight is 283 g/mol. The minimum absolute atomic E-state index is 0.0986. The van der Waals surface area contributed by atoms with Crippen molar-refractivity contribution >= 4 is 0 Å². The molecule has 0 radical (unpaired) electrons. The molecule has 20 heavy (non-hydrogen) atoms. The van der Waals surface area contributed by atoms with Crippen LogP contribution in [-0.2, 0) is 14.2 Å². The van der Waals surface area contributed by atoms with E-state index in [1.807, 2.05) is 0 Å². The maximum Gasteiger partial charge on any atom is 0.0729 e. The molecule has 3 saturated heterocycles. The molecule has 0 bridgehead atoms. The van der Waals surface area contributed by atoms with Crippen LogP contribution in [0, 0.1) is 11.8 Å². The second-order valence-corrected chi connectivity index (χ2v) is 6.85. The van der Waals surface area contributed by atoms with Gasteiger partial charge >= 0.3 is 0 Å². The van der Waals surface area contributed by atoms with Gasteiger partial charge in [0.2, 0.25) is 0 Å². The molecule has 0 amide bonds. The third-order valence-corrected chi connectivity index (χ3v) is 5.51. The number of hydrogen-bond acceptors (Lipinski definition) is 4. The second kappa shape index (κ2) is 6.30. The molecule has 4 heteroatoms. The highest BCUT2D eigenvalue weighted by Crippen LogP contribution is 2.40. The van der Waals surface area contributed by atoms with Crippen LogP contribution in [-0.4, -0.2) is 51.2 Å². The Hall–Kier alpha value is -0.160. The topological polar surface area (TPSA) is 39.7 Å². The van der Waals surface area contributed by atoms with E-state index in [2.05, 4.69) is 19.3 Å². The summed E-state index contributed by atoms with van der Waals surface area (Å²) in [4.78, 5) is 0. The van der Waals surface area contributed by atoms with Gasteiger partial charge in [0.1, 0.15) is 0 Å². The van der Waals surface area contributed by atoms with Crippen LogP contribution in [0.15, 0.2) is 0 Å². The molecule has 3 rings (SSSR count). The predicted octanol–water partition coefficient (Wildman–Crippen LogP) is 1.98. The molecule has 4 unspecified atom stereocenters. The highest BCUT2D eigenvalue weighted by atomic mass is 16.5. The molecule has 0 aromatic heterocycles. The van der Waals surface area contributed by atoms with Gasteiger partial charge in [0.15, 0.2) is 0 Å². The zero-order valence-electron chi connectivity index (χ0n) is 12.9. The molecule has 4 atom stereocenters. The van der Waals surface area contributed by atoms with E-state index in [0.29, 0.717) is 24.0 Å². The van der Waals surface area contributed by atoms with E-state index in [9.17, 15) is 0 Å². The van der Waals surface area contributed by atoms with Crippen molar-refractivity contribution in [3.63, 3.8) is 0 Å². The molecule has 3 aliphatic rings. The lowest BCUT2D eigenvalue weighted by Gasteiger charge is -2.46. The van der Waals surface area contributed by atoms with Gasteiger partial charge in [-0.05, 0) is 52.0 Å². The summed E-state index contributed by atoms with van der Waals surface area (Å²) >= 11 is 0. The van der Waals surface area contributed by atoms with E-state index >= 15 is 0 Å². The van der Waals surface area contributed by atoms with Gasteiger partial charge in [-0.15, -0.1) is 0 Å². The molecule has 3 heterocycles. The molecule has 3 fully saturated rings. The van der Waals surface area contributed by atoms with Crippen molar-refractivity contribution in [1.82, 2.24) is 5.32 Å². The predicted molar refractivity (Wildman–Crippen MR) is 77.8 cm³/mol. The van der Waals surface area contributed by atoms with Gasteiger partial charge in [0.25, 0.3) is 0 Å². The van der Waals surface area contributed by atoms with Crippen LogP contribution in [0.2, 0.25) is 0 Å². The highest BCUT2D eigenvalue weighted by molar-refractivity contribution is 4.95. The standard InChI is InChI=1S/C16H29NO3/c1-12-9-14(11-19-12)15(17-2)13-3-6-20-16(10-13)4-7-18-8-5-16/h12-15,17H,3-11H2,1-2H3. The fourth-order valence-electron chi connectivity index (χ4n) is 4.42. The average Bonchev–Trinajstić information content (AvgIpc) is 2.87. The van der Waals surface area contributed by atoms with Gasteiger partial charge in [-0.1, -0.05) is 0 Å². The number of rotatable bonds is 3. The Morgan fingerprint density at radius 2 is 1.95 bits per heavy atom. The first kappa shape index (κ1) is 14.8. The Morgan fingerprint density at radius 1 is 1.15 bits per heavy atom. The van der Waals surface area contributed by atoms with E-state index in [0.717, 1.165) is 39.3 Å². The van der Waals surface area contributed by atoms with Gasteiger partial charge in [-0.25, -0.2) is 0 Å². The number of nitrogens with one attached hydrogen (secondary N) is 1. The van der Waals surface area contributed by atoms with Gasteiger partial charge in [-0.3, -0.25) is 0 Å². The first-order chi connectivity index (χ1) is 9.72. The Balaban J connectivity index is 1.65. The zero-order valence-corrected chi connectivity index (χ0v) is 12.9. The lowest BCUT2D eigenvalue weighted by atomic mass is 9.74. The van der Waals surface area contributed by atoms with Crippen LogP contribution in [0.5, 0.6) is 0 Å². The molecule has 1 N–H and O–H groups in total. The van der Waals surface area contributed by atoms with E-state index in [4.69, 9.17) is 14.2 Å². The van der Waals surface area contributed by atoms with Crippen molar-refractivity contribution < 1.29 is 14.2 Å². The molecule has 0 aromatic carbocycles. The van der Waals surface area contributed by atoms with Gasteiger partial charge in [0.05, 0.1) is 18.3 Å². The number of hydrogen-bond donors (Lipinski definition) is 1.